The Labute approximate surface area is 143 Å². The predicted molar refractivity (Wildman–Crippen MR) is 87.6 cm³/mol. The second kappa shape index (κ2) is 5.76. The van der Waals surface area contributed by atoms with Crippen LogP contribution in [0.4, 0.5) is 14.9 Å². The summed E-state index contributed by atoms with van der Waals surface area (Å²) in [5, 5.41) is 12.2. The van der Waals surface area contributed by atoms with E-state index in [0.717, 1.165) is 8.47 Å². The Morgan fingerprint density at radius 3 is 2.95 bits per heavy atom. The minimum atomic E-state index is -1.20. The van der Waals surface area contributed by atoms with Gasteiger partial charge in [-0.3, -0.25) is 0 Å². The molecule has 1 aromatic carbocycles. The van der Waals surface area contributed by atoms with Gasteiger partial charge >= 0.3 is 6.09 Å². The largest absolute Gasteiger partial charge is 0.465 e. The molecule has 2 N–H and O–H groups in total. The number of hydrogen-bond donors (Lipinski definition) is 2. The Balaban J connectivity index is 2.05. The van der Waals surface area contributed by atoms with Gasteiger partial charge in [0.05, 0.1) is 5.69 Å². The van der Waals surface area contributed by atoms with Crippen LogP contribution in [0.3, 0.4) is 0 Å². The Morgan fingerprint density at radius 2 is 2.27 bits per heavy atom. The van der Waals surface area contributed by atoms with E-state index >= 15 is 0 Å². The Kier molecular flexibility index (Phi) is 3.96. The summed E-state index contributed by atoms with van der Waals surface area (Å²) in [7, 11) is 0. The maximum Gasteiger partial charge on any atom is 0.414 e. The maximum absolute atomic E-state index is 14.0. The minimum Gasteiger partial charge on any atom is -0.465 e. The monoisotopic (exact) mass is 434 g/mol. The van der Waals surface area contributed by atoms with Crippen molar-refractivity contribution in [2.45, 2.75) is 6.67 Å². The van der Waals surface area contributed by atoms with Crippen LogP contribution in [0.2, 0.25) is 0 Å². The van der Waals surface area contributed by atoms with Gasteiger partial charge in [0.25, 0.3) is 0 Å². The third-order valence-corrected chi connectivity index (χ3v) is 4.12. The molecule has 0 radical (unpaired) electrons. The highest BCUT2D eigenvalue weighted by Gasteiger charge is 2.29. The van der Waals surface area contributed by atoms with Gasteiger partial charge in [-0.25, -0.2) is 19.1 Å². The van der Waals surface area contributed by atoms with Crippen LogP contribution in [-0.2, 0) is 6.67 Å². The quantitative estimate of drug-likeness (QED) is 0.709. The second-order valence-electron chi connectivity index (χ2n) is 4.48. The highest BCUT2D eigenvalue weighted by atomic mass is 127. The van der Waals surface area contributed by atoms with Crippen molar-refractivity contribution in [3.8, 4) is 0 Å². The van der Waals surface area contributed by atoms with Crippen molar-refractivity contribution in [1.29, 1.82) is 0 Å². The molecule has 6 nitrogen and oxygen atoms in total. The summed E-state index contributed by atoms with van der Waals surface area (Å²) in [5.41, 5.74) is 0.139. The normalized spacial score (nSPS) is 14.0. The fourth-order valence-electron chi connectivity index (χ4n) is 2.07. The van der Waals surface area contributed by atoms with Gasteiger partial charge in [0.15, 0.2) is 5.82 Å². The summed E-state index contributed by atoms with van der Waals surface area (Å²) in [6, 6.07) is 4.57. The van der Waals surface area contributed by atoms with Crippen LogP contribution in [0.15, 0.2) is 36.4 Å². The van der Waals surface area contributed by atoms with Crippen molar-refractivity contribution < 1.29 is 14.3 Å². The average molecular weight is 435 g/mol. The molecule has 0 spiro atoms. The molecule has 1 amide bonds. The number of hydrogen-bond acceptors (Lipinski definition) is 3. The molecular formula is C13H9ClFIN4O2. The predicted octanol–water partition coefficient (Wildman–Crippen LogP) is 3.55. The number of carboxylic acid groups (broad SMARTS) is 1. The van der Waals surface area contributed by atoms with Crippen molar-refractivity contribution in [1.82, 2.24) is 14.5 Å². The van der Waals surface area contributed by atoms with E-state index in [9.17, 15) is 14.3 Å². The topological polar surface area (TPSA) is 70.4 Å². The fourth-order valence-corrected chi connectivity index (χ4v) is 2.83. The first-order chi connectivity index (χ1) is 10.5. The van der Waals surface area contributed by atoms with E-state index in [-0.39, 0.29) is 23.2 Å². The number of fused-ring (bicyclic) bond motifs is 1. The second-order valence-corrected chi connectivity index (χ2v) is 6.11. The first-order valence-electron chi connectivity index (χ1n) is 6.11. The van der Waals surface area contributed by atoms with Crippen LogP contribution in [0.25, 0.3) is 5.03 Å². The van der Waals surface area contributed by atoms with E-state index in [4.69, 9.17) is 11.6 Å². The van der Waals surface area contributed by atoms with Crippen molar-refractivity contribution in [2.75, 3.05) is 5.32 Å². The molecule has 1 aliphatic rings. The molecule has 2 heterocycles. The fraction of sp³-hybridized carbons (Fsp3) is 0.0769. The zero-order valence-corrected chi connectivity index (χ0v) is 13.8. The molecule has 0 fully saturated rings. The first kappa shape index (κ1) is 15.1. The zero-order chi connectivity index (χ0) is 15.9. The maximum atomic E-state index is 14.0. The summed E-state index contributed by atoms with van der Waals surface area (Å²) < 4.78 is 16.3. The van der Waals surface area contributed by atoms with Gasteiger partial charge in [0, 0.05) is 16.0 Å². The molecule has 2 aromatic rings. The molecule has 1 aliphatic heterocycles. The molecule has 0 unspecified atom stereocenters. The van der Waals surface area contributed by atoms with Crippen molar-refractivity contribution in [3.05, 3.63) is 51.6 Å². The molecule has 3 rings (SSSR count). The van der Waals surface area contributed by atoms with E-state index in [0.29, 0.717) is 5.82 Å². The Hall–Kier alpha value is -1.81. The van der Waals surface area contributed by atoms with Gasteiger partial charge in [-0.15, -0.1) is 0 Å². The van der Waals surface area contributed by atoms with Crippen LogP contribution in [0.5, 0.6) is 0 Å². The van der Waals surface area contributed by atoms with E-state index in [1.165, 1.54) is 18.3 Å². The molecule has 0 saturated heterocycles. The van der Waals surface area contributed by atoms with Crippen molar-refractivity contribution in [3.63, 3.8) is 0 Å². The molecule has 0 saturated carbocycles. The van der Waals surface area contributed by atoms with Crippen LogP contribution in [0.1, 0.15) is 5.82 Å². The molecule has 22 heavy (non-hydrogen) atoms. The third kappa shape index (κ3) is 2.63. The molecule has 114 valence electrons. The zero-order valence-electron chi connectivity index (χ0n) is 10.9. The van der Waals surface area contributed by atoms with Gasteiger partial charge in [0.2, 0.25) is 0 Å². The van der Waals surface area contributed by atoms with Crippen molar-refractivity contribution in [2.24, 2.45) is 0 Å². The summed E-state index contributed by atoms with van der Waals surface area (Å²) in [4.78, 5) is 16.5. The van der Waals surface area contributed by atoms with Gasteiger partial charge < -0.3 is 15.0 Å². The smallest absolute Gasteiger partial charge is 0.414 e. The van der Waals surface area contributed by atoms with Crippen molar-refractivity contribution >= 4 is 51.0 Å². The first-order valence-corrected chi connectivity index (χ1v) is 7.57. The molecule has 1 aromatic heterocycles. The van der Waals surface area contributed by atoms with Crippen LogP contribution < -0.4 is 5.32 Å². The number of halogens is 3. The highest BCUT2D eigenvalue weighted by molar-refractivity contribution is 14.1. The van der Waals surface area contributed by atoms with Gasteiger partial charge in [-0.05, 0) is 40.8 Å². The minimum absolute atomic E-state index is 0.0230. The van der Waals surface area contributed by atoms with E-state index in [1.54, 1.807) is 16.8 Å². The molecular weight excluding hydrogens is 426 g/mol. The lowest BCUT2D eigenvalue weighted by Gasteiger charge is -2.29. The lowest BCUT2D eigenvalue weighted by molar-refractivity contribution is 0.146. The van der Waals surface area contributed by atoms with Crippen LogP contribution in [0, 0.1) is 9.39 Å². The Bertz CT molecular complexity index is 792. The number of rotatable bonds is 2. The number of anilines is 1. The number of amides is 1. The molecule has 0 aliphatic carbocycles. The molecule has 0 bridgehead atoms. The standard InChI is InChI=1S/C13H9ClFIN4O2/c14-10-11-17-3-4-19(11)6-20(13(21)22)12(10)18-9-2-1-7(16)5-8(9)15/h1-5,18H,6H2,(H,21,22). The summed E-state index contributed by atoms with van der Waals surface area (Å²) in [5.74, 6) is 0.00341. The van der Waals surface area contributed by atoms with E-state index in [1.807, 2.05) is 22.6 Å². The average Bonchev–Trinajstić information content (AvgIpc) is 2.92. The number of benzene rings is 1. The van der Waals surface area contributed by atoms with Gasteiger partial charge in [-0.1, -0.05) is 11.6 Å². The third-order valence-electron chi connectivity index (χ3n) is 3.10. The summed E-state index contributed by atoms with van der Waals surface area (Å²) in [6.07, 6.45) is 1.94. The highest BCUT2D eigenvalue weighted by Crippen LogP contribution is 2.31. The lowest BCUT2D eigenvalue weighted by atomic mass is 10.3. The molecule has 0 atom stereocenters. The summed E-state index contributed by atoms with van der Waals surface area (Å²) >= 11 is 8.22. The number of imidazole rings is 1. The molecule has 9 heteroatoms. The van der Waals surface area contributed by atoms with Crippen LogP contribution >= 0.6 is 34.2 Å². The SMILES string of the molecule is O=C(O)N1Cn2ccnc2C(Cl)=C1Nc1ccc(I)cc1F. The Morgan fingerprint density at radius 1 is 1.50 bits per heavy atom. The van der Waals surface area contributed by atoms with Gasteiger partial charge in [-0.2, -0.15) is 0 Å². The summed E-state index contributed by atoms with van der Waals surface area (Å²) in [6.45, 7) is 0.0230. The number of nitrogens with zero attached hydrogens (tertiary/aromatic N) is 3. The lowest BCUT2D eigenvalue weighted by Crippen LogP contribution is -2.37. The number of nitrogens with one attached hydrogen (secondary N) is 1. The van der Waals surface area contributed by atoms with Gasteiger partial charge in [0.1, 0.15) is 23.3 Å². The van der Waals surface area contributed by atoms with E-state index < -0.39 is 11.9 Å². The number of aromatic nitrogens is 2. The van der Waals surface area contributed by atoms with Crippen LogP contribution in [-0.4, -0.2) is 25.7 Å². The number of carbonyl (C=O) groups is 1. The van der Waals surface area contributed by atoms with E-state index in [2.05, 4.69) is 10.3 Å².